The van der Waals surface area contributed by atoms with Crippen LogP contribution in [-0.2, 0) is 30.4 Å². The molecule has 1 aliphatic rings. The van der Waals surface area contributed by atoms with E-state index < -0.39 is 23.5 Å². The van der Waals surface area contributed by atoms with E-state index in [-0.39, 0.29) is 24.5 Å². The third-order valence-electron chi connectivity index (χ3n) is 4.13. The van der Waals surface area contributed by atoms with Crippen LogP contribution in [0.1, 0.15) is 22.3 Å². The Morgan fingerprint density at radius 3 is 2.46 bits per heavy atom. The van der Waals surface area contributed by atoms with E-state index in [4.69, 9.17) is 0 Å². The van der Waals surface area contributed by atoms with Gasteiger partial charge >= 0.3 is 6.18 Å². The molecule has 0 saturated carbocycles. The molecule has 0 unspecified atom stereocenters. The minimum atomic E-state index is -4.41. The van der Waals surface area contributed by atoms with E-state index in [1.54, 1.807) is 6.07 Å². The number of rotatable bonds is 3. The van der Waals surface area contributed by atoms with E-state index in [0.717, 1.165) is 17.7 Å². The highest BCUT2D eigenvalue weighted by Gasteiger charge is 2.30. The van der Waals surface area contributed by atoms with Crippen molar-refractivity contribution in [3.63, 3.8) is 0 Å². The summed E-state index contributed by atoms with van der Waals surface area (Å²) in [6.45, 7) is 1.26. The van der Waals surface area contributed by atoms with Crippen molar-refractivity contribution in [2.75, 3.05) is 11.9 Å². The molecule has 2 aromatic carbocycles. The smallest absolute Gasteiger partial charge is 0.323 e. The lowest BCUT2D eigenvalue weighted by molar-refractivity contribution is -0.137. The molecule has 1 amide bonds. The summed E-state index contributed by atoms with van der Waals surface area (Å²) in [5.41, 5.74) is 1.20. The molecule has 3 nitrogen and oxygen atoms in total. The van der Waals surface area contributed by atoms with E-state index in [1.807, 2.05) is 0 Å². The third-order valence-corrected chi connectivity index (χ3v) is 4.13. The van der Waals surface area contributed by atoms with E-state index in [9.17, 15) is 22.4 Å². The Kier molecular flexibility index (Phi) is 6.26. The lowest BCUT2D eigenvalue weighted by Crippen LogP contribution is -2.25. The first-order chi connectivity index (χ1) is 11.8. The monoisotopic (exact) mass is 388 g/mol. The second kappa shape index (κ2) is 8.05. The Balaban J connectivity index is 0.00000243. The number of carbonyl (C=O) groups is 1. The normalized spacial score (nSPS) is 13.5. The molecule has 140 valence electrons. The maximum atomic E-state index is 14.5. The van der Waals surface area contributed by atoms with Gasteiger partial charge in [0.1, 0.15) is 5.82 Å². The molecule has 26 heavy (non-hydrogen) atoms. The second-order valence-electron chi connectivity index (χ2n) is 5.91. The summed E-state index contributed by atoms with van der Waals surface area (Å²) in [6.07, 6.45) is -4.00. The quantitative estimate of drug-likeness (QED) is 0.777. The van der Waals surface area contributed by atoms with E-state index in [0.29, 0.717) is 30.6 Å². The van der Waals surface area contributed by atoms with Gasteiger partial charge in [0.2, 0.25) is 5.91 Å². The first-order valence-electron chi connectivity index (χ1n) is 7.81. The Hall–Kier alpha value is -2.12. The molecule has 0 bridgehead atoms. The Morgan fingerprint density at radius 2 is 1.81 bits per heavy atom. The van der Waals surface area contributed by atoms with Crippen molar-refractivity contribution in [2.24, 2.45) is 0 Å². The van der Waals surface area contributed by atoms with Crippen LogP contribution in [-0.4, -0.2) is 12.5 Å². The van der Waals surface area contributed by atoms with Crippen LogP contribution in [0.5, 0.6) is 0 Å². The predicted octanol–water partition coefficient (Wildman–Crippen LogP) is 4.09. The SMILES string of the molecule is Cl.O=C(Cc1ccc(C(F)(F)F)cc1)Nc1ccc2c(c1F)CCNC2. The molecule has 0 atom stereocenters. The summed E-state index contributed by atoms with van der Waals surface area (Å²) in [6, 6.07) is 7.61. The molecule has 0 aromatic heterocycles. The number of fused-ring (bicyclic) bond motifs is 1. The van der Waals surface area contributed by atoms with Gasteiger partial charge < -0.3 is 10.6 Å². The van der Waals surface area contributed by atoms with Gasteiger partial charge in [-0.3, -0.25) is 4.79 Å². The molecular weight excluding hydrogens is 372 g/mol. The molecule has 0 fully saturated rings. The van der Waals surface area contributed by atoms with E-state index >= 15 is 0 Å². The molecule has 1 heterocycles. The Bertz CT molecular complexity index is 791. The molecule has 3 rings (SSSR count). The van der Waals surface area contributed by atoms with Crippen LogP contribution >= 0.6 is 12.4 Å². The maximum Gasteiger partial charge on any atom is 0.416 e. The van der Waals surface area contributed by atoms with Gasteiger partial charge in [-0.15, -0.1) is 12.4 Å². The third kappa shape index (κ3) is 4.53. The Labute approximate surface area is 154 Å². The molecule has 0 saturated heterocycles. The van der Waals surface area contributed by atoms with Crippen molar-refractivity contribution in [2.45, 2.75) is 25.6 Å². The van der Waals surface area contributed by atoms with Crippen molar-refractivity contribution in [3.05, 3.63) is 64.5 Å². The summed E-state index contributed by atoms with van der Waals surface area (Å²) in [5.74, 6) is -0.924. The summed E-state index contributed by atoms with van der Waals surface area (Å²) in [7, 11) is 0. The number of alkyl halides is 3. The average Bonchev–Trinajstić information content (AvgIpc) is 2.57. The van der Waals surface area contributed by atoms with Crippen molar-refractivity contribution in [1.29, 1.82) is 0 Å². The van der Waals surface area contributed by atoms with Gasteiger partial charge in [0.05, 0.1) is 17.7 Å². The van der Waals surface area contributed by atoms with Gasteiger partial charge in [-0.25, -0.2) is 4.39 Å². The minimum absolute atomic E-state index is 0. The fourth-order valence-electron chi connectivity index (χ4n) is 2.82. The largest absolute Gasteiger partial charge is 0.416 e. The minimum Gasteiger partial charge on any atom is -0.323 e. The zero-order valence-corrected chi connectivity index (χ0v) is 14.4. The highest BCUT2D eigenvalue weighted by molar-refractivity contribution is 5.92. The standard InChI is InChI=1S/C18H16F4N2O.ClH/c19-17-14-7-8-23-10-12(14)3-6-15(17)24-16(25)9-11-1-4-13(5-2-11)18(20,21)22;/h1-6,23H,7-10H2,(H,24,25);1H. The van der Waals surface area contributed by atoms with Crippen molar-refractivity contribution in [3.8, 4) is 0 Å². The number of halogens is 5. The van der Waals surface area contributed by atoms with Gasteiger partial charge in [0.15, 0.2) is 0 Å². The number of carbonyl (C=O) groups excluding carboxylic acids is 1. The molecule has 0 aliphatic carbocycles. The van der Waals surface area contributed by atoms with Crippen molar-refractivity contribution < 1.29 is 22.4 Å². The molecule has 1 aliphatic heterocycles. The van der Waals surface area contributed by atoms with Gasteiger partial charge in [0.25, 0.3) is 0 Å². The zero-order valence-electron chi connectivity index (χ0n) is 13.6. The van der Waals surface area contributed by atoms with Gasteiger partial charge in [0, 0.05) is 6.54 Å². The van der Waals surface area contributed by atoms with Crippen LogP contribution in [0, 0.1) is 5.82 Å². The molecule has 8 heteroatoms. The number of benzene rings is 2. The number of amides is 1. The predicted molar refractivity (Wildman–Crippen MR) is 92.8 cm³/mol. The van der Waals surface area contributed by atoms with Crippen LogP contribution in [0.15, 0.2) is 36.4 Å². The summed E-state index contributed by atoms with van der Waals surface area (Å²) in [5, 5.41) is 5.64. The second-order valence-corrected chi connectivity index (χ2v) is 5.91. The lowest BCUT2D eigenvalue weighted by atomic mass is 9.99. The highest BCUT2D eigenvalue weighted by atomic mass is 35.5. The average molecular weight is 389 g/mol. The van der Waals surface area contributed by atoms with E-state index in [2.05, 4.69) is 10.6 Å². The number of hydrogen-bond donors (Lipinski definition) is 2. The van der Waals surface area contributed by atoms with Crippen LogP contribution in [0.25, 0.3) is 0 Å². The summed E-state index contributed by atoms with van der Waals surface area (Å²) >= 11 is 0. The van der Waals surface area contributed by atoms with Crippen LogP contribution in [0.2, 0.25) is 0 Å². The fraction of sp³-hybridized carbons (Fsp3) is 0.278. The molecule has 0 radical (unpaired) electrons. The van der Waals surface area contributed by atoms with E-state index in [1.165, 1.54) is 18.2 Å². The van der Waals surface area contributed by atoms with Gasteiger partial charge in [-0.2, -0.15) is 13.2 Å². The molecular formula is C18H17ClF4N2O. The number of nitrogens with one attached hydrogen (secondary N) is 2. The van der Waals surface area contributed by atoms with Crippen LogP contribution < -0.4 is 10.6 Å². The Morgan fingerprint density at radius 1 is 1.12 bits per heavy atom. The van der Waals surface area contributed by atoms with Gasteiger partial charge in [-0.1, -0.05) is 18.2 Å². The lowest BCUT2D eigenvalue weighted by Gasteiger charge is -2.19. The number of anilines is 1. The topological polar surface area (TPSA) is 41.1 Å². The summed E-state index contributed by atoms with van der Waals surface area (Å²) < 4.78 is 52.0. The van der Waals surface area contributed by atoms with Crippen molar-refractivity contribution >= 4 is 24.0 Å². The maximum absolute atomic E-state index is 14.5. The van der Waals surface area contributed by atoms with Crippen LogP contribution in [0.3, 0.4) is 0 Å². The summed E-state index contributed by atoms with van der Waals surface area (Å²) in [4.78, 5) is 12.1. The van der Waals surface area contributed by atoms with Gasteiger partial charge in [-0.05, 0) is 47.9 Å². The van der Waals surface area contributed by atoms with Crippen molar-refractivity contribution in [1.82, 2.24) is 5.32 Å². The molecule has 2 N–H and O–H groups in total. The molecule has 0 spiro atoms. The van der Waals surface area contributed by atoms with Crippen LogP contribution in [0.4, 0.5) is 23.2 Å². The zero-order chi connectivity index (χ0) is 18.0. The first kappa shape index (κ1) is 20.2. The molecule has 2 aromatic rings. The number of hydrogen-bond acceptors (Lipinski definition) is 2. The highest BCUT2D eigenvalue weighted by Crippen LogP contribution is 2.29. The first-order valence-corrected chi connectivity index (χ1v) is 7.81. The fourth-order valence-corrected chi connectivity index (χ4v) is 2.82.